The monoisotopic (exact) mass is 1510 g/mol. The van der Waals surface area contributed by atoms with Crippen LogP contribution in [0.5, 0.6) is 5.75 Å². The van der Waals surface area contributed by atoms with Crippen molar-refractivity contribution in [2.24, 2.45) is 11.3 Å². The molecule has 4 unspecified atom stereocenters. The number of amides is 5. The summed E-state index contributed by atoms with van der Waals surface area (Å²) in [6.45, 7) is 6.69. The van der Waals surface area contributed by atoms with Gasteiger partial charge in [0, 0.05) is 115 Å². The van der Waals surface area contributed by atoms with Crippen molar-refractivity contribution in [2.45, 2.75) is 168 Å². The second-order valence-electron chi connectivity index (χ2n) is 28.0. The highest BCUT2D eigenvalue weighted by molar-refractivity contribution is 8.76. The van der Waals surface area contributed by atoms with Gasteiger partial charge in [-0.05, 0) is 74.2 Å². The van der Waals surface area contributed by atoms with Gasteiger partial charge in [-0.2, -0.15) is 0 Å². The van der Waals surface area contributed by atoms with Crippen LogP contribution in [-0.2, 0) is 87.5 Å². The number of likely N-dealkylation sites (N-methyl/N-ethyl adjacent to an activating group) is 1. The Morgan fingerprint density at radius 2 is 1.59 bits per heavy atom. The Labute approximate surface area is 609 Å². The van der Waals surface area contributed by atoms with Gasteiger partial charge in [0.25, 0.3) is 5.91 Å². The van der Waals surface area contributed by atoms with Crippen LogP contribution >= 0.6 is 21.6 Å². The predicted molar refractivity (Wildman–Crippen MR) is 372 cm³/mol. The summed E-state index contributed by atoms with van der Waals surface area (Å²) in [4.78, 5) is 130. The van der Waals surface area contributed by atoms with Crippen molar-refractivity contribution in [3.63, 3.8) is 0 Å². The summed E-state index contributed by atoms with van der Waals surface area (Å²) in [7, 11) is 6.55. The van der Waals surface area contributed by atoms with Gasteiger partial charge in [0.05, 0.1) is 51.1 Å². The number of fused-ring (bicyclic) bond motifs is 6. The molecule has 8 heterocycles. The minimum absolute atomic E-state index is 0.000283. The molecule has 105 heavy (non-hydrogen) atoms. The van der Waals surface area contributed by atoms with E-state index < -0.39 is 161 Å². The van der Waals surface area contributed by atoms with E-state index in [-0.39, 0.29) is 55.7 Å². The molecule has 4 fully saturated rings. The van der Waals surface area contributed by atoms with Gasteiger partial charge in [-0.3, -0.25) is 44.0 Å². The topological polar surface area (TPSA) is 498 Å². The van der Waals surface area contributed by atoms with E-state index in [2.05, 4.69) is 51.9 Å². The van der Waals surface area contributed by atoms with Gasteiger partial charge in [-0.15, -0.1) is 5.10 Å². The summed E-state index contributed by atoms with van der Waals surface area (Å²) in [6.07, 6.45) is -6.39. The largest absolute Gasteiger partial charge is 0.496 e. The number of ether oxygens (including phenoxy) is 5. The first kappa shape index (κ1) is 77.9. The summed E-state index contributed by atoms with van der Waals surface area (Å²) >= 11 is 0. The Bertz CT molecular complexity index is 4000. The van der Waals surface area contributed by atoms with Crippen molar-refractivity contribution in [3.05, 3.63) is 82.8 Å². The van der Waals surface area contributed by atoms with E-state index >= 15 is 9.59 Å². The van der Waals surface area contributed by atoms with E-state index in [1.807, 2.05) is 62.4 Å². The fourth-order valence-electron chi connectivity index (χ4n) is 17.4. The van der Waals surface area contributed by atoms with E-state index in [0.29, 0.717) is 86.7 Å². The number of para-hydroxylation sites is 1. The molecular weight excluding hydrogens is 1420 g/mol. The third-order valence-corrected chi connectivity index (χ3v) is 24.3. The molecule has 35 nitrogen and oxygen atoms in total. The number of esters is 1. The van der Waals surface area contributed by atoms with Crippen molar-refractivity contribution in [2.75, 3.05) is 83.6 Å². The fraction of sp³-hybridized carbons (Fsp3) is 0.603. The first-order valence-electron chi connectivity index (χ1n) is 34.6. The lowest BCUT2D eigenvalue weighted by Crippen LogP contribution is -2.82. The molecule has 1 aliphatic carbocycles. The third kappa shape index (κ3) is 14.5. The molecule has 6 aliphatic heterocycles. The Kier molecular flexibility index (Phi) is 23.2. The average Bonchev–Trinajstić information content (AvgIpc) is 1.49. The third-order valence-electron chi connectivity index (χ3n) is 21.9. The van der Waals surface area contributed by atoms with Crippen LogP contribution in [0.2, 0.25) is 0 Å². The Hall–Kier alpha value is -8.21. The number of carboxylic acids is 3. The van der Waals surface area contributed by atoms with Crippen molar-refractivity contribution < 1.29 is 113 Å². The average molecular weight is 1510 g/mol. The zero-order valence-corrected chi connectivity index (χ0v) is 60.2. The van der Waals surface area contributed by atoms with E-state index in [4.69, 9.17) is 23.7 Å². The van der Waals surface area contributed by atoms with Crippen molar-refractivity contribution in [1.82, 2.24) is 56.6 Å². The number of aromatic nitrogens is 4. The number of nitrogens with zero attached hydrogens (tertiary/aromatic N) is 6. The fourth-order valence-corrected chi connectivity index (χ4v) is 19.4. The van der Waals surface area contributed by atoms with Crippen LogP contribution in [-0.4, -0.2) is 286 Å². The van der Waals surface area contributed by atoms with E-state index in [1.54, 1.807) is 11.9 Å². The van der Waals surface area contributed by atoms with Crippen molar-refractivity contribution >= 4 is 91.8 Å². The highest BCUT2D eigenvalue weighted by Gasteiger charge is 2.79. The number of hydrazine groups is 1. The summed E-state index contributed by atoms with van der Waals surface area (Å²) in [5.41, 5.74) is 0.930. The number of carbonyl (C=O) groups is 9. The number of benzene rings is 2. The van der Waals surface area contributed by atoms with E-state index in [0.717, 1.165) is 49.7 Å². The molecule has 1 spiro atoms. The number of carboxylic acid groups (broad SMARTS) is 3. The molecule has 11 rings (SSSR count). The molecule has 37 heteroatoms. The number of carbonyl (C=O) groups excluding carboxylic acids is 6. The molecule has 2 bridgehead atoms. The molecule has 1 saturated carbocycles. The Morgan fingerprint density at radius 1 is 0.848 bits per heavy atom. The quantitative estimate of drug-likeness (QED) is 0.0103. The molecule has 2 aromatic carbocycles. The number of anilines is 1. The SMILES string of the molecule is CC[C@]1(O)C[C@H]2CN(CCc3c([nH]c4ccccc34)[C@@](C(=O)OC)(c3cc4c(cc3OC)N(C)[C@H]3[C@@](O)(C(=O)NNC(=O)OCCSSC[C@H](NC(=O)[C@H](Cc5cn(CCOC6OC(C(=O)O)C(O)[C@H](O)[C@@H]6O)nn5)NC(=O)[C@H](CC(=O)O)NC(C)=O)C(=O)O)[C@H](O)[C@]5(CC)C=CCN6CC[C@]43[C@@H]65)C2)C1. The number of methoxy groups -OCH3 is 2. The van der Waals surface area contributed by atoms with Crippen LogP contribution in [0.3, 0.4) is 0 Å². The van der Waals surface area contributed by atoms with Crippen molar-refractivity contribution in [1.29, 1.82) is 0 Å². The lowest BCUT2D eigenvalue weighted by atomic mass is 9.47. The molecule has 18 atom stereocenters. The van der Waals surface area contributed by atoms with Crippen LogP contribution in [0.15, 0.2) is 54.7 Å². The molecule has 572 valence electrons. The van der Waals surface area contributed by atoms with Gasteiger partial charge >= 0.3 is 30.0 Å². The predicted octanol–water partition coefficient (Wildman–Crippen LogP) is -1.84. The highest BCUT2D eigenvalue weighted by atomic mass is 33.1. The smallest absolute Gasteiger partial charge is 0.426 e. The number of H-pyrrole nitrogens is 1. The van der Waals surface area contributed by atoms with Crippen LogP contribution in [0, 0.1) is 11.3 Å². The zero-order chi connectivity index (χ0) is 75.8. The van der Waals surface area contributed by atoms with Gasteiger partial charge in [-0.25, -0.2) is 24.5 Å². The summed E-state index contributed by atoms with van der Waals surface area (Å²) < 4.78 is 29.5. The van der Waals surface area contributed by atoms with Gasteiger partial charge in [0.1, 0.15) is 60.3 Å². The maximum absolute atomic E-state index is 15.6. The van der Waals surface area contributed by atoms with Gasteiger partial charge in [-0.1, -0.05) is 71.0 Å². The summed E-state index contributed by atoms with van der Waals surface area (Å²) in [6, 6.07) is 4.91. The number of nitrogens with one attached hydrogen (secondary N) is 6. The van der Waals surface area contributed by atoms with E-state index in [9.17, 15) is 79.5 Å². The Morgan fingerprint density at radius 3 is 2.29 bits per heavy atom. The maximum atomic E-state index is 15.6. The number of rotatable bonds is 27. The number of hydrogen-bond acceptors (Lipinski definition) is 27. The van der Waals surface area contributed by atoms with Gasteiger partial charge in [0.2, 0.25) is 17.7 Å². The van der Waals surface area contributed by atoms with Gasteiger partial charge < -0.3 is 95.5 Å². The van der Waals surface area contributed by atoms with Gasteiger partial charge in [0.15, 0.2) is 18.0 Å². The number of piperidine rings is 1. The number of aliphatic hydroxyl groups is 6. The highest BCUT2D eigenvalue weighted by Crippen LogP contribution is 2.68. The minimum Gasteiger partial charge on any atom is -0.496 e. The molecule has 0 radical (unpaired) electrons. The molecule has 7 aliphatic rings. The minimum atomic E-state index is -2.70. The van der Waals surface area contributed by atoms with Crippen molar-refractivity contribution in [3.8, 4) is 5.75 Å². The molecule has 3 saturated heterocycles. The number of aliphatic carboxylic acids is 3. The molecule has 4 aromatic rings. The zero-order valence-electron chi connectivity index (χ0n) is 58.6. The number of aliphatic hydroxyl groups excluding tert-OH is 4. The second kappa shape index (κ2) is 31.3. The standard InChI is InChI=1S/C68H90N12O23S2/c1-7-64(97)28-35-29-67(62(95)100-6,52-38(14-18-78(30-35)33-64)37-12-9-10-13-41(37)70-52)40-25-39-45(27-46(40)99-5)77(4)59-66(39)16-19-79-17-11-15-65(8-2,58(66)79)60(93)68(59,98)61(94)74-75-63(96)102-22-23-104-105-32-44(55(89)90)72-53(87)42(71-54(88)43(26-47(82)83)69-34(3)81)24-36-31-80(76-73-36)20-21-101-57-50(86)48(84)49(85)51(103-57)56(91)92/h9-13,15,25,27,31,35,42-44,48-51,57-60,70,84-86,93,97-98H,7-8,14,16-24,26,28-30,32-33H2,1-6H3,(H,69,81)(H,71,88)(H,72,87)(H,74,94)(H,75,96)(H,82,83)(H,89,90)(H,91,92)/t35-,42+,43+,44+,48+,49?,50+,51?,57?,58+,59-,60-,64+,65-,66-,67+,68+/m1/s1. The van der Waals surface area contributed by atoms with Crippen LogP contribution < -0.4 is 36.4 Å². The maximum Gasteiger partial charge on any atom is 0.426 e. The summed E-state index contributed by atoms with van der Waals surface area (Å²) in [5.74, 6) is -9.60. The first-order valence-corrected chi connectivity index (χ1v) is 37.1. The van der Waals surface area contributed by atoms with Crippen LogP contribution in [0.1, 0.15) is 87.4 Å². The van der Waals surface area contributed by atoms with Crippen LogP contribution in [0.25, 0.3) is 10.9 Å². The molecule has 5 amide bonds. The van der Waals surface area contributed by atoms with Crippen LogP contribution in [0.4, 0.5) is 10.5 Å². The Balaban J connectivity index is 0.772. The molecule has 15 N–H and O–H groups in total. The second-order valence-corrected chi connectivity index (χ2v) is 30.7. The normalized spacial score (nSPS) is 31.0. The number of aromatic amines is 1. The molecule has 2 aromatic heterocycles. The van der Waals surface area contributed by atoms with E-state index in [1.165, 1.54) is 20.4 Å². The molecular formula is C68H90N12O23S2. The lowest BCUT2D eigenvalue weighted by Gasteiger charge is -2.63. The first-order chi connectivity index (χ1) is 49.9. The lowest BCUT2D eigenvalue weighted by molar-refractivity contribution is -0.294. The number of hydrogen-bond donors (Lipinski definition) is 15. The summed E-state index contributed by atoms with van der Waals surface area (Å²) in [5, 5.41) is 114.